The Kier molecular flexibility index (Phi) is 7.21. The third-order valence-corrected chi connectivity index (χ3v) is 5.62. The van der Waals surface area contributed by atoms with Gasteiger partial charge >= 0.3 is 6.18 Å². The lowest BCUT2D eigenvalue weighted by Crippen LogP contribution is -2.44. The summed E-state index contributed by atoms with van der Waals surface area (Å²) in [6.07, 6.45) is 0.791. The molecule has 29 heavy (non-hydrogen) atoms. The molecule has 0 saturated carbocycles. The van der Waals surface area contributed by atoms with Crippen molar-refractivity contribution in [3.05, 3.63) is 23.9 Å². The zero-order valence-corrected chi connectivity index (χ0v) is 17.2. The molecule has 2 fully saturated rings. The van der Waals surface area contributed by atoms with Gasteiger partial charge in [0.25, 0.3) is 0 Å². The second-order valence-electron chi connectivity index (χ2n) is 8.10. The number of pyridine rings is 1. The van der Waals surface area contributed by atoms with E-state index in [2.05, 4.69) is 44.6 Å². The van der Waals surface area contributed by atoms with Crippen molar-refractivity contribution in [3.63, 3.8) is 0 Å². The monoisotopic (exact) mass is 412 g/mol. The molecule has 2 N–H and O–H groups in total. The average Bonchev–Trinajstić information content (AvgIpc) is 3.11. The van der Waals surface area contributed by atoms with Gasteiger partial charge in [-0.25, -0.2) is 4.98 Å². The number of anilines is 1. The van der Waals surface area contributed by atoms with Crippen molar-refractivity contribution in [2.75, 3.05) is 44.7 Å². The van der Waals surface area contributed by atoms with E-state index in [0.29, 0.717) is 32.0 Å². The fraction of sp³-hybridized carbons (Fsp3) is 0.700. The van der Waals surface area contributed by atoms with Crippen LogP contribution in [0.1, 0.15) is 31.7 Å². The molecule has 162 valence electrons. The molecule has 0 aliphatic carbocycles. The Morgan fingerprint density at radius 2 is 1.97 bits per heavy atom. The summed E-state index contributed by atoms with van der Waals surface area (Å²) in [4.78, 5) is 12.5. The molecule has 0 radical (unpaired) electrons. The standard InChI is InChI=1S/C20H31F3N6/c1-15-5-9-29(10-6-15)18-4-3-16(11-25-18)12-26-19(24-2)27-17-7-8-28(13-17)14-20(21,22)23/h3-4,11,15,17H,5-10,12-14H2,1-2H3,(H2,24,26,27). The molecule has 0 amide bonds. The van der Waals surface area contributed by atoms with Gasteiger partial charge in [-0.15, -0.1) is 0 Å². The van der Waals surface area contributed by atoms with E-state index in [9.17, 15) is 13.2 Å². The van der Waals surface area contributed by atoms with Gasteiger partial charge in [-0.05, 0) is 36.8 Å². The average molecular weight is 413 g/mol. The molecule has 6 nitrogen and oxygen atoms in total. The largest absolute Gasteiger partial charge is 0.401 e. The third-order valence-electron chi connectivity index (χ3n) is 5.62. The van der Waals surface area contributed by atoms with Crippen LogP contribution in [0.3, 0.4) is 0 Å². The molecule has 0 spiro atoms. The highest BCUT2D eigenvalue weighted by atomic mass is 19.4. The summed E-state index contributed by atoms with van der Waals surface area (Å²) < 4.78 is 37.6. The van der Waals surface area contributed by atoms with Crippen LogP contribution in [0.4, 0.5) is 19.0 Å². The number of rotatable bonds is 5. The molecule has 0 bridgehead atoms. The molecular formula is C20H31F3N6. The number of guanidine groups is 1. The molecule has 9 heteroatoms. The van der Waals surface area contributed by atoms with E-state index in [1.165, 1.54) is 17.7 Å². The summed E-state index contributed by atoms with van der Waals surface area (Å²) in [6, 6.07) is 4.07. The van der Waals surface area contributed by atoms with Crippen molar-refractivity contribution < 1.29 is 13.2 Å². The highest BCUT2D eigenvalue weighted by Gasteiger charge is 2.34. The summed E-state index contributed by atoms with van der Waals surface area (Å²) in [5.41, 5.74) is 1.03. The first kappa shape index (κ1) is 21.7. The summed E-state index contributed by atoms with van der Waals surface area (Å²) in [5, 5.41) is 6.45. The third kappa shape index (κ3) is 6.76. The van der Waals surface area contributed by atoms with Crippen molar-refractivity contribution in [2.24, 2.45) is 10.9 Å². The van der Waals surface area contributed by atoms with E-state index in [1.54, 1.807) is 7.05 Å². The molecule has 2 aliphatic heterocycles. The van der Waals surface area contributed by atoms with E-state index in [1.807, 2.05) is 6.20 Å². The minimum Gasteiger partial charge on any atom is -0.357 e. The Morgan fingerprint density at radius 1 is 1.21 bits per heavy atom. The predicted octanol–water partition coefficient (Wildman–Crippen LogP) is 2.62. The predicted molar refractivity (Wildman–Crippen MR) is 109 cm³/mol. The Balaban J connectivity index is 1.44. The van der Waals surface area contributed by atoms with Crippen molar-refractivity contribution in [2.45, 2.75) is 44.9 Å². The number of aromatic nitrogens is 1. The van der Waals surface area contributed by atoms with Gasteiger partial charge in [0.2, 0.25) is 0 Å². The first-order valence-corrected chi connectivity index (χ1v) is 10.3. The number of nitrogens with one attached hydrogen (secondary N) is 2. The Bertz CT molecular complexity index is 668. The first-order valence-electron chi connectivity index (χ1n) is 10.3. The van der Waals surface area contributed by atoms with Gasteiger partial charge in [-0.3, -0.25) is 9.89 Å². The number of piperidine rings is 1. The summed E-state index contributed by atoms with van der Waals surface area (Å²) in [6.45, 7) is 4.90. The lowest BCUT2D eigenvalue weighted by Gasteiger charge is -2.31. The topological polar surface area (TPSA) is 55.8 Å². The SMILES string of the molecule is CN=C(NCc1ccc(N2CCC(C)CC2)nc1)NC1CCN(CC(F)(F)F)C1. The number of halogens is 3. The summed E-state index contributed by atoms with van der Waals surface area (Å²) in [7, 11) is 1.66. The Labute approximate surface area is 170 Å². The molecule has 3 rings (SSSR count). The fourth-order valence-corrected chi connectivity index (χ4v) is 3.87. The van der Waals surface area contributed by atoms with Crippen LogP contribution in [0.15, 0.2) is 23.3 Å². The normalized spacial score (nSPS) is 22.2. The van der Waals surface area contributed by atoms with Crippen molar-refractivity contribution in [1.29, 1.82) is 0 Å². The molecule has 1 unspecified atom stereocenters. The van der Waals surface area contributed by atoms with Gasteiger partial charge in [0, 0.05) is 52.0 Å². The minimum atomic E-state index is -4.15. The van der Waals surface area contributed by atoms with Gasteiger partial charge in [0.05, 0.1) is 6.54 Å². The van der Waals surface area contributed by atoms with E-state index in [0.717, 1.165) is 30.4 Å². The van der Waals surface area contributed by atoms with Crippen LogP contribution < -0.4 is 15.5 Å². The minimum absolute atomic E-state index is 0.0365. The lowest BCUT2D eigenvalue weighted by atomic mass is 9.99. The van der Waals surface area contributed by atoms with Crippen molar-refractivity contribution >= 4 is 11.8 Å². The second kappa shape index (κ2) is 9.65. The van der Waals surface area contributed by atoms with Crippen LogP contribution in [-0.4, -0.2) is 67.8 Å². The molecule has 2 aliphatic rings. The van der Waals surface area contributed by atoms with Crippen LogP contribution in [0.25, 0.3) is 0 Å². The number of hydrogen-bond donors (Lipinski definition) is 2. The molecule has 3 heterocycles. The maximum Gasteiger partial charge on any atom is 0.401 e. The van der Waals surface area contributed by atoms with Gasteiger partial charge in [0.15, 0.2) is 5.96 Å². The molecule has 2 saturated heterocycles. The summed E-state index contributed by atoms with van der Waals surface area (Å²) in [5.74, 6) is 2.39. The van der Waals surface area contributed by atoms with E-state index >= 15 is 0 Å². The van der Waals surface area contributed by atoms with Gasteiger partial charge in [0.1, 0.15) is 5.82 Å². The second-order valence-corrected chi connectivity index (χ2v) is 8.10. The van der Waals surface area contributed by atoms with Crippen molar-refractivity contribution in [1.82, 2.24) is 20.5 Å². The molecule has 1 aromatic rings. The fourth-order valence-electron chi connectivity index (χ4n) is 3.87. The van der Waals surface area contributed by atoms with E-state index in [-0.39, 0.29) is 6.04 Å². The van der Waals surface area contributed by atoms with Crippen molar-refractivity contribution in [3.8, 4) is 0 Å². The summed E-state index contributed by atoms with van der Waals surface area (Å²) >= 11 is 0. The van der Waals surface area contributed by atoms with Gasteiger partial charge < -0.3 is 15.5 Å². The van der Waals surface area contributed by atoms with Crippen LogP contribution >= 0.6 is 0 Å². The van der Waals surface area contributed by atoms with E-state index in [4.69, 9.17) is 0 Å². The molecule has 1 aromatic heterocycles. The first-order chi connectivity index (χ1) is 13.8. The van der Waals surface area contributed by atoms with Crippen LogP contribution in [-0.2, 0) is 6.54 Å². The van der Waals surface area contributed by atoms with Crippen LogP contribution in [0.2, 0.25) is 0 Å². The maximum absolute atomic E-state index is 12.5. The zero-order valence-electron chi connectivity index (χ0n) is 17.2. The number of alkyl halides is 3. The lowest BCUT2D eigenvalue weighted by molar-refractivity contribution is -0.143. The molecule has 0 aromatic carbocycles. The van der Waals surface area contributed by atoms with E-state index < -0.39 is 12.7 Å². The van der Waals surface area contributed by atoms with Gasteiger partial charge in [-0.2, -0.15) is 13.2 Å². The number of aliphatic imine (C=N–C) groups is 1. The van der Waals surface area contributed by atoms with Crippen LogP contribution in [0, 0.1) is 5.92 Å². The smallest absolute Gasteiger partial charge is 0.357 e. The van der Waals surface area contributed by atoms with Gasteiger partial charge in [-0.1, -0.05) is 13.0 Å². The zero-order chi connectivity index (χ0) is 20.9. The number of nitrogens with zero attached hydrogens (tertiary/aromatic N) is 4. The van der Waals surface area contributed by atoms with Crippen LogP contribution in [0.5, 0.6) is 0 Å². The number of likely N-dealkylation sites (tertiary alicyclic amines) is 1. The quantitative estimate of drug-likeness (QED) is 0.575. The highest BCUT2D eigenvalue weighted by molar-refractivity contribution is 5.80. The Hall–Kier alpha value is -2.03. The number of hydrogen-bond acceptors (Lipinski definition) is 4. The Morgan fingerprint density at radius 3 is 2.59 bits per heavy atom. The molecular weight excluding hydrogens is 381 g/mol. The highest BCUT2D eigenvalue weighted by Crippen LogP contribution is 2.21. The maximum atomic E-state index is 12.5. The molecule has 1 atom stereocenters.